The van der Waals surface area contributed by atoms with Crippen LogP contribution >= 0.6 is 0 Å². The quantitative estimate of drug-likeness (QED) is 0.450. The lowest BCUT2D eigenvalue weighted by Crippen LogP contribution is -2.44. The van der Waals surface area contributed by atoms with Crippen LogP contribution in [0.25, 0.3) is 22.6 Å². The zero-order valence-electron chi connectivity index (χ0n) is 20.4. The molecule has 1 N–H and O–H groups in total. The van der Waals surface area contributed by atoms with Crippen LogP contribution in [0.15, 0.2) is 30.6 Å². The van der Waals surface area contributed by atoms with E-state index < -0.39 is 12.0 Å². The summed E-state index contributed by atoms with van der Waals surface area (Å²) in [6.45, 7) is 2.17. The molecule has 0 unspecified atom stereocenters. The van der Waals surface area contributed by atoms with Crippen LogP contribution in [0, 0.1) is 11.7 Å². The van der Waals surface area contributed by atoms with Crippen LogP contribution in [0.5, 0.6) is 11.8 Å². The Hall–Kier alpha value is -3.43. The topological polar surface area (TPSA) is 97.2 Å². The number of benzene rings is 1. The molecule has 1 aromatic carbocycles. The minimum Gasteiger partial charge on any atom is -0.507 e. The smallest absolute Gasteiger partial charge is 0.316 e. The summed E-state index contributed by atoms with van der Waals surface area (Å²) in [5.74, 6) is 0.518. The van der Waals surface area contributed by atoms with Gasteiger partial charge in [0, 0.05) is 11.6 Å². The number of anilines is 1. The molecule has 190 valence electrons. The first kappa shape index (κ1) is 24.3. The van der Waals surface area contributed by atoms with E-state index in [0.717, 1.165) is 44.7 Å². The van der Waals surface area contributed by atoms with Crippen molar-refractivity contribution >= 4 is 5.82 Å². The summed E-state index contributed by atoms with van der Waals surface area (Å²) in [7, 11) is 1.39. The lowest BCUT2D eigenvalue weighted by atomic mass is 9.94. The Morgan fingerprint density at radius 1 is 1.11 bits per heavy atom. The fraction of sp³-hybridized carbons (Fsp3) is 0.500. The van der Waals surface area contributed by atoms with Gasteiger partial charge in [0.1, 0.15) is 17.6 Å². The molecule has 5 rings (SSSR count). The summed E-state index contributed by atoms with van der Waals surface area (Å²) in [5, 5.41) is 19.3. The van der Waals surface area contributed by atoms with Crippen LogP contribution in [0.3, 0.4) is 0 Å². The Bertz CT molecular complexity index is 1210. The number of hydrogen-bond donors (Lipinski definition) is 1. The maximum atomic E-state index is 15.2. The number of halogens is 2. The molecule has 36 heavy (non-hydrogen) atoms. The van der Waals surface area contributed by atoms with Crippen molar-refractivity contribution in [1.29, 1.82) is 0 Å². The summed E-state index contributed by atoms with van der Waals surface area (Å²) in [5.41, 5.74) is 0.709. The van der Waals surface area contributed by atoms with Gasteiger partial charge in [-0.25, -0.2) is 18.7 Å². The van der Waals surface area contributed by atoms with Crippen molar-refractivity contribution < 1.29 is 18.6 Å². The molecule has 2 heterocycles. The van der Waals surface area contributed by atoms with Crippen molar-refractivity contribution in [3.63, 3.8) is 0 Å². The van der Waals surface area contributed by atoms with Gasteiger partial charge in [0.15, 0.2) is 17.5 Å². The second-order valence-corrected chi connectivity index (χ2v) is 9.59. The molecule has 0 saturated heterocycles. The molecule has 2 aliphatic rings. The summed E-state index contributed by atoms with van der Waals surface area (Å²) < 4.78 is 34.4. The Balaban J connectivity index is 1.41. The number of ether oxygens (including phenoxy) is 1. The molecule has 3 aromatic rings. The summed E-state index contributed by atoms with van der Waals surface area (Å²) in [4.78, 5) is 14.3. The monoisotopic (exact) mass is 496 g/mol. The Morgan fingerprint density at radius 3 is 2.61 bits per heavy atom. The maximum absolute atomic E-state index is 15.2. The van der Waals surface area contributed by atoms with E-state index in [1.165, 1.54) is 13.2 Å². The van der Waals surface area contributed by atoms with Crippen molar-refractivity contribution in [3.05, 3.63) is 36.4 Å². The van der Waals surface area contributed by atoms with Crippen LogP contribution in [-0.4, -0.2) is 55.6 Å². The average Bonchev–Trinajstić information content (AvgIpc) is 3.74. The second-order valence-electron chi connectivity index (χ2n) is 9.59. The highest BCUT2D eigenvalue weighted by atomic mass is 19.1. The van der Waals surface area contributed by atoms with Crippen LogP contribution < -0.4 is 9.64 Å². The number of phenols is 1. The highest BCUT2D eigenvalue weighted by molar-refractivity contribution is 5.71. The largest absolute Gasteiger partial charge is 0.507 e. The predicted molar refractivity (Wildman–Crippen MR) is 131 cm³/mol. The lowest BCUT2D eigenvalue weighted by molar-refractivity contribution is 0.247. The number of alkyl halides is 1. The molecule has 0 spiro atoms. The molecule has 0 aliphatic heterocycles. The molecule has 0 bridgehead atoms. The van der Waals surface area contributed by atoms with Crippen molar-refractivity contribution in [3.8, 4) is 34.4 Å². The molecule has 10 heteroatoms. The van der Waals surface area contributed by atoms with Crippen LogP contribution in [0.1, 0.15) is 51.9 Å². The van der Waals surface area contributed by atoms with Gasteiger partial charge in [-0.3, -0.25) is 0 Å². The fourth-order valence-corrected chi connectivity index (χ4v) is 5.07. The summed E-state index contributed by atoms with van der Waals surface area (Å²) in [6.07, 6.45) is 8.16. The van der Waals surface area contributed by atoms with Crippen molar-refractivity contribution in [2.24, 2.45) is 5.92 Å². The standard InChI is InChI=1S/C26H30F2N6O2/c1-3-15-5-4-6-19(27)21(11-15)34(17-8-9-17)23-14-29-25(33-32-23)18-10-7-16(12-22(18)35)24-20(28)13-30-26(31-24)36-2/h7,10,12-15,17,19,21,35H,3-6,8-9,11H2,1-2H3/t15-,19+,21-/m1/s1. The van der Waals surface area contributed by atoms with E-state index in [1.807, 2.05) is 0 Å². The number of aromatic nitrogens is 5. The SMILES string of the molecule is CC[C@@H]1CCC[C@H](F)[C@H](N(c2cnc(-c3ccc(-c4nc(OC)ncc4F)cc3O)nn2)C2CC2)C1. The van der Waals surface area contributed by atoms with Gasteiger partial charge >= 0.3 is 6.01 Å². The lowest BCUT2D eigenvalue weighted by Gasteiger charge is -2.35. The first-order valence-electron chi connectivity index (χ1n) is 12.5. The van der Waals surface area contributed by atoms with Gasteiger partial charge in [0.05, 0.1) is 31.1 Å². The van der Waals surface area contributed by atoms with E-state index >= 15 is 4.39 Å². The molecule has 8 nitrogen and oxygen atoms in total. The van der Waals surface area contributed by atoms with E-state index in [0.29, 0.717) is 29.3 Å². The number of methoxy groups -OCH3 is 1. The Labute approximate surface area is 208 Å². The van der Waals surface area contributed by atoms with Crippen molar-refractivity contribution in [2.45, 2.75) is 70.1 Å². The molecular weight excluding hydrogens is 466 g/mol. The first-order chi connectivity index (χ1) is 17.5. The zero-order chi connectivity index (χ0) is 25.2. The molecule has 3 atom stereocenters. The molecule has 0 amide bonds. The third-order valence-corrected chi connectivity index (χ3v) is 7.19. The zero-order valence-corrected chi connectivity index (χ0v) is 20.4. The molecule has 2 saturated carbocycles. The van der Waals surface area contributed by atoms with Crippen molar-refractivity contribution in [1.82, 2.24) is 25.1 Å². The van der Waals surface area contributed by atoms with E-state index in [1.54, 1.807) is 18.3 Å². The van der Waals surface area contributed by atoms with E-state index in [4.69, 9.17) is 4.74 Å². The van der Waals surface area contributed by atoms with Gasteiger partial charge < -0.3 is 14.7 Å². The second kappa shape index (κ2) is 10.3. The highest BCUT2D eigenvalue weighted by Gasteiger charge is 2.40. The number of phenolic OH excluding ortho intramolecular Hbond substituents is 1. The van der Waals surface area contributed by atoms with Gasteiger partial charge in [0.2, 0.25) is 0 Å². The Morgan fingerprint density at radius 2 is 1.94 bits per heavy atom. The van der Waals surface area contributed by atoms with Crippen LogP contribution in [0.2, 0.25) is 0 Å². The molecule has 0 radical (unpaired) electrons. The predicted octanol–water partition coefficient (Wildman–Crippen LogP) is 5.12. The molecule has 2 aliphatic carbocycles. The number of nitrogens with zero attached hydrogens (tertiary/aromatic N) is 6. The number of aromatic hydroxyl groups is 1. The minimum atomic E-state index is -0.902. The van der Waals surface area contributed by atoms with E-state index in [9.17, 15) is 9.50 Å². The average molecular weight is 497 g/mol. The third-order valence-electron chi connectivity index (χ3n) is 7.19. The first-order valence-corrected chi connectivity index (χ1v) is 12.5. The van der Waals surface area contributed by atoms with Crippen molar-refractivity contribution in [2.75, 3.05) is 12.0 Å². The molecule has 2 fully saturated rings. The molecule has 2 aromatic heterocycles. The number of rotatable bonds is 7. The Kier molecular flexibility index (Phi) is 6.93. The van der Waals surface area contributed by atoms with Crippen LogP contribution in [0.4, 0.5) is 14.6 Å². The van der Waals surface area contributed by atoms with E-state index in [2.05, 4.69) is 37.0 Å². The summed E-state index contributed by atoms with van der Waals surface area (Å²) in [6, 6.07) is 4.64. The van der Waals surface area contributed by atoms with Crippen LogP contribution in [-0.2, 0) is 0 Å². The van der Waals surface area contributed by atoms with E-state index in [-0.39, 0.29) is 35.4 Å². The van der Waals surface area contributed by atoms with Gasteiger partial charge in [-0.1, -0.05) is 32.3 Å². The molecular formula is C26H30F2N6O2. The van der Waals surface area contributed by atoms with Gasteiger partial charge in [0.25, 0.3) is 0 Å². The third kappa shape index (κ3) is 4.94. The number of hydrogen-bond acceptors (Lipinski definition) is 8. The fourth-order valence-electron chi connectivity index (χ4n) is 5.07. The van der Waals surface area contributed by atoms with Gasteiger partial charge in [-0.15, -0.1) is 10.2 Å². The summed E-state index contributed by atoms with van der Waals surface area (Å²) >= 11 is 0. The maximum Gasteiger partial charge on any atom is 0.316 e. The van der Waals surface area contributed by atoms with Gasteiger partial charge in [-0.2, -0.15) is 4.98 Å². The normalized spacial score (nSPS) is 22.2. The minimum absolute atomic E-state index is 0.00715. The van der Waals surface area contributed by atoms with Gasteiger partial charge in [-0.05, 0) is 43.7 Å². The highest BCUT2D eigenvalue weighted by Crippen LogP contribution is 2.39.